The van der Waals surface area contributed by atoms with Crippen molar-refractivity contribution in [1.82, 2.24) is 35.4 Å². The number of hydrogen-bond acceptors (Lipinski definition) is 16. The molecular weight excluding hydrogens is 1060 g/mol. The molecule has 2 aliphatic rings. The SMILES string of the molecule is Cc1cc(Nc2ncc(Cl)c(Nc3ccccc3S(=O)(=O)C(C)C)n2)c(OC(C)C)cc1C1CCN(C(=O)COCCOCC(=O)N[C@H](C(=O)N2C[C@@H](O)C[C@H]2C(=O)NCc2ccc(-c3scnc3C)cc2)C(C)(C)C)CC1. The van der Waals surface area contributed by atoms with Crippen LogP contribution >= 0.6 is 22.9 Å². The molecule has 22 heteroatoms. The smallest absolute Gasteiger partial charge is 0.248 e. The van der Waals surface area contributed by atoms with E-state index in [4.69, 9.17) is 25.8 Å². The van der Waals surface area contributed by atoms with Crippen molar-refractivity contribution in [2.24, 2.45) is 5.41 Å². The van der Waals surface area contributed by atoms with Crippen molar-refractivity contribution in [1.29, 1.82) is 0 Å². The van der Waals surface area contributed by atoms with Crippen LogP contribution in [0.4, 0.5) is 23.1 Å². The minimum atomic E-state index is -3.61. The van der Waals surface area contributed by atoms with E-state index in [-0.39, 0.29) is 85.6 Å². The van der Waals surface area contributed by atoms with Gasteiger partial charge < -0.3 is 50.4 Å². The van der Waals surface area contributed by atoms with Crippen LogP contribution in [-0.4, -0.2) is 138 Å². The molecule has 2 saturated heterocycles. The third-order valence-corrected chi connectivity index (χ3v) is 17.1. The molecule has 0 bridgehead atoms. The maximum Gasteiger partial charge on any atom is 0.248 e. The molecule has 5 aromatic rings. The number of β-amino-alcohol motifs (C(OH)–C–C–N with tert-alkyl or cyclic N) is 1. The Morgan fingerprint density at radius 3 is 2.26 bits per heavy atom. The number of aliphatic hydroxyl groups is 1. The number of aliphatic hydroxyl groups excluding tert-OH is 1. The fourth-order valence-electron chi connectivity index (χ4n) is 9.38. The van der Waals surface area contributed by atoms with E-state index in [0.29, 0.717) is 30.2 Å². The molecule has 4 heterocycles. The van der Waals surface area contributed by atoms with Crippen molar-refractivity contribution in [3.63, 3.8) is 0 Å². The monoisotopic (exact) mass is 1130 g/mol. The first-order valence-electron chi connectivity index (χ1n) is 26.2. The number of nitrogens with one attached hydrogen (secondary N) is 4. The number of aromatic nitrogens is 3. The van der Waals surface area contributed by atoms with Crippen LogP contribution in [0.5, 0.6) is 5.75 Å². The van der Waals surface area contributed by atoms with Crippen LogP contribution in [0.1, 0.15) is 96.0 Å². The van der Waals surface area contributed by atoms with Gasteiger partial charge in [-0.05, 0) is 112 Å². The summed E-state index contributed by atoms with van der Waals surface area (Å²) in [4.78, 5) is 71.6. The highest BCUT2D eigenvalue weighted by Crippen LogP contribution is 2.39. The number of carbonyl (C=O) groups excluding carboxylic acids is 4. The number of thiazole rings is 1. The number of piperidine rings is 1. The maximum absolute atomic E-state index is 14.1. The summed E-state index contributed by atoms with van der Waals surface area (Å²) < 4.78 is 43.8. The average Bonchev–Trinajstić information content (AvgIpc) is 4.02. The molecule has 2 aliphatic heterocycles. The van der Waals surface area contributed by atoms with E-state index < -0.39 is 56.4 Å². The predicted molar refractivity (Wildman–Crippen MR) is 301 cm³/mol. The first-order chi connectivity index (χ1) is 37.0. The van der Waals surface area contributed by atoms with Crippen molar-refractivity contribution >= 4 is 79.5 Å². The van der Waals surface area contributed by atoms with Crippen molar-refractivity contribution in [3.05, 3.63) is 99.8 Å². The molecule has 4 amide bonds. The van der Waals surface area contributed by atoms with E-state index in [0.717, 1.165) is 45.7 Å². The molecule has 2 aromatic heterocycles. The molecule has 5 N–H and O–H groups in total. The van der Waals surface area contributed by atoms with E-state index in [1.807, 2.05) is 84.9 Å². The summed E-state index contributed by atoms with van der Waals surface area (Å²) in [5.41, 5.74) is 6.99. The van der Waals surface area contributed by atoms with Crippen molar-refractivity contribution < 1.29 is 46.9 Å². The molecule has 7 rings (SSSR count). The molecule has 3 atom stereocenters. The van der Waals surface area contributed by atoms with Gasteiger partial charge in [0, 0.05) is 32.6 Å². The van der Waals surface area contributed by atoms with Gasteiger partial charge in [-0.25, -0.2) is 18.4 Å². The number of anilines is 4. The van der Waals surface area contributed by atoms with Gasteiger partial charge in [-0.1, -0.05) is 68.8 Å². The van der Waals surface area contributed by atoms with E-state index in [9.17, 15) is 32.7 Å². The van der Waals surface area contributed by atoms with Gasteiger partial charge in [0.15, 0.2) is 15.7 Å². The standard InChI is InChI=1S/C56H72ClN9O10S2/c1-33(2)76-46-26-41(35(5)24-44(46)62-55-59-28-42(57)52(64-55)61-43-12-10-11-13-47(43)78(72,73)34(3)4)38-18-20-65(21-19-38)49(69)31-75-23-22-74-30-48(68)63-51(56(7,8)9)54(71)66-29-40(67)25-45(66)53(70)58-27-37-14-16-39(17-15-37)50-36(6)60-32-77-50/h10-17,24,26,28,32-34,38,40,45,51,67H,18-23,25,27,29-31H2,1-9H3,(H,58,70)(H,63,68)(H2,59,61,62,64)/t40-,45-,51+/m0/s1. The van der Waals surface area contributed by atoms with Crippen LogP contribution in [-0.2, 0) is 45.0 Å². The number of halogens is 1. The molecule has 0 aliphatic carbocycles. The Kier molecular flexibility index (Phi) is 19.9. The third kappa shape index (κ3) is 15.1. The number of hydrogen-bond donors (Lipinski definition) is 5. The van der Waals surface area contributed by atoms with Crippen LogP contribution in [0.15, 0.2) is 77.3 Å². The molecule has 2 fully saturated rings. The highest BCUT2D eigenvalue weighted by molar-refractivity contribution is 7.92. The summed E-state index contributed by atoms with van der Waals surface area (Å²) in [5, 5.41) is 22.3. The van der Waals surface area contributed by atoms with Gasteiger partial charge in [0.25, 0.3) is 0 Å². The second-order valence-electron chi connectivity index (χ2n) is 21.3. The highest BCUT2D eigenvalue weighted by atomic mass is 35.5. The number of sulfone groups is 1. The molecule has 19 nitrogen and oxygen atoms in total. The summed E-state index contributed by atoms with van der Waals surface area (Å²) in [6, 6.07) is 16.5. The fourth-order valence-corrected chi connectivity index (χ4v) is 11.5. The highest BCUT2D eigenvalue weighted by Gasteiger charge is 2.44. The molecule has 78 heavy (non-hydrogen) atoms. The first kappa shape index (κ1) is 59.4. The maximum atomic E-state index is 14.1. The number of likely N-dealkylation sites (tertiary alicyclic amines) is 2. The zero-order valence-electron chi connectivity index (χ0n) is 45.7. The number of rotatable bonds is 22. The van der Waals surface area contributed by atoms with E-state index in [1.54, 1.807) is 59.9 Å². The van der Waals surface area contributed by atoms with Crippen molar-refractivity contribution in [2.75, 3.05) is 56.7 Å². The van der Waals surface area contributed by atoms with Crippen LogP contribution < -0.4 is 26.0 Å². The lowest BCUT2D eigenvalue weighted by atomic mass is 9.85. The number of benzene rings is 3. The van der Waals surface area contributed by atoms with Crippen LogP contribution in [0.2, 0.25) is 5.02 Å². The van der Waals surface area contributed by atoms with Crippen molar-refractivity contribution in [3.8, 4) is 16.2 Å². The Morgan fingerprint density at radius 1 is 0.910 bits per heavy atom. The van der Waals surface area contributed by atoms with Gasteiger partial charge in [0.05, 0.1) is 69.2 Å². The number of aryl methyl sites for hydroxylation is 2. The summed E-state index contributed by atoms with van der Waals surface area (Å²) in [7, 11) is -3.61. The van der Waals surface area contributed by atoms with Gasteiger partial charge in [0.2, 0.25) is 29.6 Å². The summed E-state index contributed by atoms with van der Waals surface area (Å²) in [5.74, 6) is -0.391. The van der Waals surface area contributed by atoms with E-state index in [1.165, 1.54) is 11.1 Å². The summed E-state index contributed by atoms with van der Waals surface area (Å²) >= 11 is 8.08. The van der Waals surface area contributed by atoms with Gasteiger partial charge in [-0.2, -0.15) is 4.98 Å². The lowest BCUT2D eigenvalue weighted by Gasteiger charge is -2.35. The molecule has 0 radical (unpaired) electrons. The van der Waals surface area contributed by atoms with E-state index in [2.05, 4.69) is 36.2 Å². The molecule has 3 aromatic carbocycles. The molecule has 420 valence electrons. The quantitative estimate of drug-likeness (QED) is 0.0414. The van der Waals surface area contributed by atoms with Crippen LogP contribution in [0.25, 0.3) is 10.4 Å². The van der Waals surface area contributed by atoms with Gasteiger partial charge in [0.1, 0.15) is 36.1 Å². The first-order valence-corrected chi connectivity index (χ1v) is 29.0. The minimum absolute atomic E-state index is 0.0254. The second kappa shape index (κ2) is 26.2. The average molecular weight is 1130 g/mol. The Hall–Kier alpha value is -6.23. The number of amides is 4. The summed E-state index contributed by atoms with van der Waals surface area (Å²) in [6.07, 6.45) is 1.88. The third-order valence-electron chi connectivity index (χ3n) is 13.6. The zero-order chi connectivity index (χ0) is 56.5. The second-order valence-corrected chi connectivity index (χ2v) is 25.0. The summed E-state index contributed by atoms with van der Waals surface area (Å²) in [6.45, 7) is 17.3. The zero-order valence-corrected chi connectivity index (χ0v) is 48.1. The number of carbonyl (C=O) groups is 4. The van der Waals surface area contributed by atoms with Gasteiger partial charge in [-0.3, -0.25) is 19.2 Å². The van der Waals surface area contributed by atoms with Crippen LogP contribution in [0.3, 0.4) is 0 Å². The lowest BCUT2D eigenvalue weighted by molar-refractivity contribution is -0.144. The number of nitrogens with zero attached hydrogens (tertiary/aromatic N) is 5. The van der Waals surface area contributed by atoms with Gasteiger partial charge >= 0.3 is 0 Å². The largest absolute Gasteiger partial charge is 0.489 e. The Morgan fingerprint density at radius 2 is 1.60 bits per heavy atom. The van der Waals surface area contributed by atoms with E-state index >= 15 is 0 Å². The normalized spacial score (nSPS) is 16.6. The molecular formula is C56H72ClN9O10S2. The molecule has 0 unspecified atom stereocenters. The van der Waals surface area contributed by atoms with Gasteiger partial charge in [-0.15, -0.1) is 11.3 Å². The number of para-hydroxylation sites is 1. The predicted octanol–water partition coefficient (Wildman–Crippen LogP) is 7.88. The lowest BCUT2D eigenvalue weighted by Crippen LogP contribution is -2.58. The van der Waals surface area contributed by atoms with Crippen molar-refractivity contribution in [2.45, 2.75) is 128 Å². The number of ether oxygens (including phenoxy) is 3. The molecule has 0 spiro atoms. The molecule has 0 saturated carbocycles. The Bertz CT molecular complexity index is 3030. The fraction of sp³-hybridized carbons (Fsp3) is 0.482. The Labute approximate surface area is 466 Å². The minimum Gasteiger partial charge on any atom is -0.489 e. The Balaban J connectivity index is 0.853. The van der Waals surface area contributed by atoms with Crippen LogP contribution in [0, 0.1) is 19.3 Å². The topological polar surface area (TPSA) is 244 Å².